The van der Waals surface area contributed by atoms with Crippen LogP contribution >= 0.6 is 23.2 Å². The van der Waals surface area contributed by atoms with E-state index in [1.807, 2.05) is 24.3 Å². The van der Waals surface area contributed by atoms with E-state index in [4.69, 9.17) is 23.2 Å². The number of hydrogen-bond donors (Lipinski definition) is 1. The molecule has 0 bridgehead atoms. The highest BCUT2D eigenvalue weighted by atomic mass is 35.5. The summed E-state index contributed by atoms with van der Waals surface area (Å²) in [5.74, 6) is -0.380. The maximum absolute atomic E-state index is 12.4. The Morgan fingerprint density at radius 1 is 0.806 bits per heavy atom. The Balaban J connectivity index is 1.27. The molecule has 1 aliphatic heterocycles. The maximum Gasteiger partial charge on any atom is 0.275 e. The van der Waals surface area contributed by atoms with Gasteiger partial charge in [-0.3, -0.25) is 14.6 Å². The van der Waals surface area contributed by atoms with Gasteiger partial charge in [-0.1, -0.05) is 65.7 Å². The zero-order valence-corrected chi connectivity index (χ0v) is 18.6. The number of nitrogens with one attached hydrogen (secondary N) is 1. The summed E-state index contributed by atoms with van der Waals surface area (Å²) in [5, 5.41) is 3.32. The molecule has 1 fully saturated rings. The van der Waals surface area contributed by atoms with Crippen molar-refractivity contribution in [2.75, 3.05) is 31.5 Å². The fraction of sp³-hybridized carbons (Fsp3) is 0.250. The number of carbonyl (C=O) groups is 1. The van der Waals surface area contributed by atoms with Crippen molar-refractivity contribution in [3.05, 3.63) is 93.7 Å². The zero-order valence-electron chi connectivity index (χ0n) is 17.1. The average molecular weight is 455 g/mol. The largest absolute Gasteiger partial charge is 0.321 e. The molecular weight excluding hydrogens is 431 g/mol. The average Bonchev–Trinajstić information content (AvgIpc) is 2.79. The first-order valence-corrected chi connectivity index (χ1v) is 11.0. The van der Waals surface area contributed by atoms with Crippen molar-refractivity contribution in [1.82, 2.24) is 14.8 Å². The van der Waals surface area contributed by atoms with E-state index in [1.165, 1.54) is 11.1 Å². The third-order valence-corrected chi connectivity index (χ3v) is 5.87. The standard InChI is InChI=1S/C24H24Cl2N4O/c25-21-10-11-22(26)28-23(21)24(31)27-20-8-6-19(7-9-20)17-30-14-12-29(13-15-30)16-18-4-2-1-3-5-18/h1-11H,12-17H2,(H,27,31). The summed E-state index contributed by atoms with van der Waals surface area (Å²) in [6.07, 6.45) is 0. The van der Waals surface area contributed by atoms with Crippen molar-refractivity contribution >= 4 is 34.8 Å². The lowest BCUT2D eigenvalue weighted by atomic mass is 10.1. The molecule has 2 heterocycles. The van der Waals surface area contributed by atoms with E-state index in [1.54, 1.807) is 12.1 Å². The van der Waals surface area contributed by atoms with E-state index in [2.05, 4.69) is 50.4 Å². The summed E-state index contributed by atoms with van der Waals surface area (Å²) in [6, 6.07) is 21.6. The molecule has 160 valence electrons. The Kier molecular flexibility index (Phi) is 7.20. The number of carbonyl (C=O) groups excluding carboxylic acids is 1. The molecule has 4 rings (SSSR count). The van der Waals surface area contributed by atoms with Crippen molar-refractivity contribution in [3.63, 3.8) is 0 Å². The number of aromatic nitrogens is 1. The molecule has 0 unspecified atom stereocenters. The minimum Gasteiger partial charge on any atom is -0.321 e. The van der Waals surface area contributed by atoms with Crippen LogP contribution in [0.15, 0.2) is 66.7 Å². The Labute approximate surface area is 192 Å². The predicted molar refractivity (Wildman–Crippen MR) is 126 cm³/mol. The summed E-state index contributed by atoms with van der Waals surface area (Å²) in [5.41, 5.74) is 3.39. The highest BCUT2D eigenvalue weighted by molar-refractivity contribution is 6.35. The first-order chi connectivity index (χ1) is 15.1. The Morgan fingerprint density at radius 3 is 2.00 bits per heavy atom. The van der Waals surface area contributed by atoms with Gasteiger partial charge < -0.3 is 5.32 Å². The number of pyridine rings is 1. The van der Waals surface area contributed by atoms with E-state index >= 15 is 0 Å². The molecule has 1 aromatic heterocycles. The van der Waals surface area contributed by atoms with Crippen LogP contribution in [0.25, 0.3) is 0 Å². The van der Waals surface area contributed by atoms with E-state index < -0.39 is 0 Å². The summed E-state index contributed by atoms with van der Waals surface area (Å²) in [4.78, 5) is 21.4. The minimum absolute atomic E-state index is 0.117. The molecular formula is C24H24Cl2N4O. The van der Waals surface area contributed by atoms with E-state index in [-0.39, 0.29) is 21.8 Å². The molecule has 0 spiro atoms. The van der Waals surface area contributed by atoms with Gasteiger partial charge >= 0.3 is 0 Å². The van der Waals surface area contributed by atoms with Crippen molar-refractivity contribution in [2.45, 2.75) is 13.1 Å². The maximum atomic E-state index is 12.4. The number of halogens is 2. The summed E-state index contributed by atoms with van der Waals surface area (Å²) in [7, 11) is 0. The summed E-state index contributed by atoms with van der Waals surface area (Å²) < 4.78 is 0. The van der Waals surface area contributed by atoms with E-state index in [9.17, 15) is 4.79 Å². The molecule has 1 N–H and O–H groups in total. The topological polar surface area (TPSA) is 48.5 Å². The predicted octanol–water partition coefficient (Wildman–Crippen LogP) is 4.96. The second-order valence-corrected chi connectivity index (χ2v) is 8.45. The fourth-order valence-corrected chi connectivity index (χ4v) is 4.01. The quantitative estimate of drug-likeness (QED) is 0.534. The highest BCUT2D eigenvalue weighted by Crippen LogP contribution is 2.19. The van der Waals surface area contributed by atoms with Gasteiger partial charge in [0.05, 0.1) is 5.02 Å². The van der Waals surface area contributed by atoms with Crippen LogP contribution in [0, 0.1) is 0 Å². The molecule has 1 aliphatic rings. The molecule has 7 heteroatoms. The van der Waals surface area contributed by atoms with Crippen molar-refractivity contribution < 1.29 is 4.79 Å². The number of hydrogen-bond acceptors (Lipinski definition) is 4. The number of benzene rings is 2. The van der Waals surface area contributed by atoms with Crippen LogP contribution in [0.2, 0.25) is 10.2 Å². The molecule has 0 atom stereocenters. The Morgan fingerprint density at radius 2 is 1.39 bits per heavy atom. The fourth-order valence-electron chi connectivity index (χ4n) is 3.67. The molecule has 1 saturated heterocycles. The first-order valence-electron chi connectivity index (χ1n) is 10.3. The number of anilines is 1. The number of nitrogens with zero attached hydrogens (tertiary/aromatic N) is 3. The van der Waals surface area contributed by atoms with Gasteiger partial charge in [0.25, 0.3) is 5.91 Å². The van der Waals surface area contributed by atoms with Crippen LogP contribution in [-0.2, 0) is 13.1 Å². The van der Waals surface area contributed by atoms with Gasteiger partial charge in [-0.25, -0.2) is 4.98 Å². The van der Waals surface area contributed by atoms with Gasteiger partial charge in [0, 0.05) is 45.0 Å². The smallest absolute Gasteiger partial charge is 0.275 e. The third-order valence-electron chi connectivity index (χ3n) is 5.36. The second kappa shape index (κ2) is 10.2. The molecule has 0 saturated carbocycles. The minimum atomic E-state index is -0.380. The van der Waals surface area contributed by atoms with Gasteiger partial charge in [-0.15, -0.1) is 0 Å². The van der Waals surface area contributed by atoms with Crippen LogP contribution in [0.4, 0.5) is 5.69 Å². The van der Waals surface area contributed by atoms with Gasteiger partial charge in [0.15, 0.2) is 0 Å². The zero-order chi connectivity index (χ0) is 21.6. The lowest BCUT2D eigenvalue weighted by Gasteiger charge is -2.34. The van der Waals surface area contributed by atoms with Gasteiger partial charge in [0.2, 0.25) is 0 Å². The molecule has 5 nitrogen and oxygen atoms in total. The van der Waals surface area contributed by atoms with Crippen LogP contribution in [0.1, 0.15) is 21.6 Å². The normalized spacial score (nSPS) is 15.0. The Bertz CT molecular complexity index is 1020. The van der Waals surface area contributed by atoms with Gasteiger partial charge in [-0.05, 0) is 35.4 Å². The van der Waals surface area contributed by atoms with E-state index in [0.717, 1.165) is 39.3 Å². The molecule has 0 radical (unpaired) electrons. The summed E-state index contributed by atoms with van der Waals surface area (Å²) >= 11 is 11.9. The SMILES string of the molecule is O=C(Nc1ccc(CN2CCN(Cc3ccccc3)CC2)cc1)c1nc(Cl)ccc1Cl. The van der Waals surface area contributed by atoms with Crippen molar-refractivity contribution in [3.8, 4) is 0 Å². The third kappa shape index (κ3) is 6.05. The highest BCUT2D eigenvalue weighted by Gasteiger charge is 2.17. The Hall–Kier alpha value is -2.44. The lowest BCUT2D eigenvalue weighted by molar-refractivity contribution is 0.102. The van der Waals surface area contributed by atoms with Crippen LogP contribution in [0.3, 0.4) is 0 Å². The molecule has 1 amide bonds. The molecule has 2 aromatic carbocycles. The second-order valence-electron chi connectivity index (χ2n) is 7.65. The molecule has 31 heavy (non-hydrogen) atoms. The lowest BCUT2D eigenvalue weighted by Crippen LogP contribution is -2.45. The van der Waals surface area contributed by atoms with Crippen molar-refractivity contribution in [2.24, 2.45) is 0 Å². The van der Waals surface area contributed by atoms with Gasteiger partial charge in [0.1, 0.15) is 10.8 Å². The van der Waals surface area contributed by atoms with Crippen LogP contribution in [0.5, 0.6) is 0 Å². The number of piperazine rings is 1. The first kappa shape index (κ1) is 21.8. The monoisotopic (exact) mass is 454 g/mol. The van der Waals surface area contributed by atoms with Gasteiger partial charge in [-0.2, -0.15) is 0 Å². The van der Waals surface area contributed by atoms with Crippen LogP contribution in [-0.4, -0.2) is 46.9 Å². The molecule has 0 aliphatic carbocycles. The summed E-state index contributed by atoms with van der Waals surface area (Å²) in [6.45, 7) is 6.13. The number of amides is 1. The van der Waals surface area contributed by atoms with E-state index in [0.29, 0.717) is 5.69 Å². The number of rotatable bonds is 6. The van der Waals surface area contributed by atoms with Crippen molar-refractivity contribution in [1.29, 1.82) is 0 Å². The van der Waals surface area contributed by atoms with Crippen LogP contribution < -0.4 is 5.32 Å². The molecule has 3 aromatic rings.